The van der Waals surface area contributed by atoms with Gasteiger partial charge in [0.1, 0.15) is 0 Å². The highest BCUT2D eigenvalue weighted by Gasteiger charge is 2.08. The zero-order valence-corrected chi connectivity index (χ0v) is 16.1. The second-order valence-electron chi connectivity index (χ2n) is 6.40. The SMILES string of the molecule is C/C=C\C=C(/C)C(/C=C(\C)Cl)CCc1ccc(-c2ccccc2)cc1. The molecular formula is C24H27Cl. The van der Waals surface area contributed by atoms with Gasteiger partial charge in [-0.1, -0.05) is 96.1 Å². The highest BCUT2D eigenvalue weighted by atomic mass is 35.5. The third-order valence-electron chi connectivity index (χ3n) is 4.37. The largest absolute Gasteiger partial charge is 0.0898 e. The van der Waals surface area contributed by atoms with Gasteiger partial charge in [0, 0.05) is 5.03 Å². The van der Waals surface area contributed by atoms with Crippen LogP contribution in [-0.4, -0.2) is 0 Å². The van der Waals surface area contributed by atoms with Crippen LogP contribution in [0.15, 0.2) is 89.5 Å². The predicted molar refractivity (Wildman–Crippen MR) is 112 cm³/mol. The molecule has 0 aliphatic rings. The lowest BCUT2D eigenvalue weighted by molar-refractivity contribution is 0.671. The molecule has 0 N–H and O–H groups in total. The van der Waals surface area contributed by atoms with E-state index in [1.165, 1.54) is 22.3 Å². The van der Waals surface area contributed by atoms with Crippen molar-refractivity contribution in [1.82, 2.24) is 0 Å². The lowest BCUT2D eigenvalue weighted by Crippen LogP contribution is -2.01. The van der Waals surface area contributed by atoms with Crippen LogP contribution in [0.2, 0.25) is 0 Å². The number of rotatable bonds is 7. The monoisotopic (exact) mass is 350 g/mol. The first kappa shape index (κ1) is 19.3. The van der Waals surface area contributed by atoms with Gasteiger partial charge in [0.05, 0.1) is 0 Å². The Morgan fingerprint density at radius 3 is 2.20 bits per heavy atom. The van der Waals surface area contributed by atoms with Crippen LogP contribution in [-0.2, 0) is 6.42 Å². The molecule has 0 heterocycles. The standard InChI is InChI=1S/C24H27Cl/c1-4-5-9-19(2)24(18-20(3)25)17-14-21-12-15-23(16-13-21)22-10-7-6-8-11-22/h4-13,15-16,18,24H,14,17H2,1-3H3/b5-4-,19-9+,20-18+. The number of benzene rings is 2. The molecule has 0 aliphatic carbocycles. The Morgan fingerprint density at radius 2 is 1.60 bits per heavy atom. The second kappa shape index (κ2) is 10.1. The number of halogens is 1. The van der Waals surface area contributed by atoms with Crippen molar-refractivity contribution in [2.24, 2.45) is 5.92 Å². The Bertz CT molecular complexity index is 729. The molecule has 0 spiro atoms. The molecule has 0 fully saturated rings. The molecule has 0 radical (unpaired) electrons. The fourth-order valence-electron chi connectivity index (χ4n) is 2.91. The van der Waals surface area contributed by atoms with Crippen LogP contribution in [0, 0.1) is 5.92 Å². The van der Waals surface area contributed by atoms with Gasteiger partial charge < -0.3 is 0 Å². The summed E-state index contributed by atoms with van der Waals surface area (Å²) in [7, 11) is 0. The van der Waals surface area contributed by atoms with Gasteiger partial charge in [0.15, 0.2) is 0 Å². The van der Waals surface area contributed by atoms with Crippen LogP contribution >= 0.6 is 11.6 Å². The Hall–Kier alpha value is -2.05. The molecule has 130 valence electrons. The summed E-state index contributed by atoms with van der Waals surface area (Å²) in [6, 6.07) is 19.4. The van der Waals surface area contributed by atoms with E-state index >= 15 is 0 Å². The smallest absolute Gasteiger partial charge is 0.0116 e. The van der Waals surface area contributed by atoms with Crippen LogP contribution < -0.4 is 0 Å². The van der Waals surface area contributed by atoms with Gasteiger partial charge in [0.2, 0.25) is 0 Å². The van der Waals surface area contributed by atoms with Crippen molar-refractivity contribution in [2.45, 2.75) is 33.6 Å². The number of aryl methyl sites for hydroxylation is 1. The van der Waals surface area contributed by atoms with Crippen LogP contribution in [0.4, 0.5) is 0 Å². The quantitative estimate of drug-likeness (QED) is 0.452. The molecule has 0 saturated heterocycles. The lowest BCUT2D eigenvalue weighted by atomic mass is 9.91. The van der Waals surface area contributed by atoms with Crippen LogP contribution in [0.3, 0.4) is 0 Å². The number of hydrogen-bond donors (Lipinski definition) is 0. The predicted octanol–water partition coefficient (Wildman–Crippen LogP) is 7.57. The topological polar surface area (TPSA) is 0 Å². The molecule has 1 atom stereocenters. The summed E-state index contributed by atoms with van der Waals surface area (Å²) >= 11 is 6.14. The molecule has 25 heavy (non-hydrogen) atoms. The van der Waals surface area contributed by atoms with Gasteiger partial charge in [-0.25, -0.2) is 0 Å². The van der Waals surface area contributed by atoms with Crippen molar-refractivity contribution >= 4 is 11.6 Å². The van der Waals surface area contributed by atoms with Crippen molar-refractivity contribution in [2.75, 3.05) is 0 Å². The first-order chi connectivity index (χ1) is 12.1. The van der Waals surface area contributed by atoms with Crippen molar-refractivity contribution in [3.8, 4) is 11.1 Å². The van der Waals surface area contributed by atoms with E-state index in [0.29, 0.717) is 5.92 Å². The van der Waals surface area contributed by atoms with Crippen molar-refractivity contribution in [3.05, 3.63) is 95.1 Å². The summed E-state index contributed by atoms with van der Waals surface area (Å²) in [5.41, 5.74) is 5.24. The summed E-state index contributed by atoms with van der Waals surface area (Å²) in [5, 5.41) is 0.859. The third kappa shape index (κ3) is 6.40. The molecule has 0 aromatic heterocycles. The zero-order valence-electron chi connectivity index (χ0n) is 15.4. The van der Waals surface area contributed by atoms with Gasteiger partial charge in [-0.15, -0.1) is 0 Å². The number of allylic oxidation sites excluding steroid dienone is 6. The number of hydrogen-bond acceptors (Lipinski definition) is 0. The van der Waals surface area contributed by atoms with E-state index in [2.05, 4.69) is 79.8 Å². The zero-order chi connectivity index (χ0) is 18.1. The van der Waals surface area contributed by atoms with E-state index in [0.717, 1.165) is 17.9 Å². The summed E-state index contributed by atoms with van der Waals surface area (Å²) < 4.78 is 0. The van der Waals surface area contributed by atoms with E-state index in [4.69, 9.17) is 11.6 Å². The fourth-order valence-corrected chi connectivity index (χ4v) is 3.06. The summed E-state index contributed by atoms with van der Waals surface area (Å²) in [5.74, 6) is 0.377. The molecule has 0 nitrogen and oxygen atoms in total. The fraction of sp³-hybridized carbons (Fsp3) is 0.250. The minimum absolute atomic E-state index is 0.377. The minimum atomic E-state index is 0.377. The van der Waals surface area contributed by atoms with E-state index in [1.54, 1.807) is 0 Å². The van der Waals surface area contributed by atoms with Crippen molar-refractivity contribution in [3.63, 3.8) is 0 Å². The van der Waals surface area contributed by atoms with E-state index in [1.807, 2.05) is 19.9 Å². The Kier molecular flexibility index (Phi) is 7.76. The summed E-state index contributed by atoms with van der Waals surface area (Å²) in [6.45, 7) is 6.17. The lowest BCUT2D eigenvalue weighted by Gasteiger charge is -2.14. The normalized spacial score (nSPS) is 14.1. The van der Waals surface area contributed by atoms with E-state index in [-0.39, 0.29) is 0 Å². The highest BCUT2D eigenvalue weighted by molar-refractivity contribution is 6.29. The van der Waals surface area contributed by atoms with Gasteiger partial charge in [0.25, 0.3) is 0 Å². The molecule has 2 aromatic carbocycles. The Labute approximate surface area is 157 Å². The molecular weight excluding hydrogens is 324 g/mol. The first-order valence-electron chi connectivity index (χ1n) is 8.88. The molecule has 0 aliphatic heterocycles. The molecule has 2 aromatic rings. The maximum absolute atomic E-state index is 6.14. The summed E-state index contributed by atoms with van der Waals surface area (Å²) in [6.07, 6.45) is 10.6. The molecule has 0 saturated carbocycles. The third-order valence-corrected chi connectivity index (χ3v) is 4.50. The average Bonchev–Trinajstić information content (AvgIpc) is 2.64. The highest BCUT2D eigenvalue weighted by Crippen LogP contribution is 2.24. The minimum Gasteiger partial charge on any atom is -0.0898 e. The van der Waals surface area contributed by atoms with E-state index < -0.39 is 0 Å². The van der Waals surface area contributed by atoms with Crippen LogP contribution in [0.5, 0.6) is 0 Å². The van der Waals surface area contributed by atoms with Gasteiger partial charge >= 0.3 is 0 Å². The van der Waals surface area contributed by atoms with Crippen LogP contribution in [0.25, 0.3) is 11.1 Å². The van der Waals surface area contributed by atoms with Crippen LogP contribution in [0.1, 0.15) is 32.8 Å². The molecule has 1 heteroatoms. The molecule has 0 amide bonds. The molecule has 2 rings (SSSR count). The molecule has 0 bridgehead atoms. The summed E-state index contributed by atoms with van der Waals surface area (Å²) in [4.78, 5) is 0. The van der Waals surface area contributed by atoms with Gasteiger partial charge in [-0.3, -0.25) is 0 Å². The van der Waals surface area contributed by atoms with Crippen molar-refractivity contribution in [1.29, 1.82) is 0 Å². The Morgan fingerprint density at radius 1 is 0.960 bits per heavy atom. The van der Waals surface area contributed by atoms with Gasteiger partial charge in [-0.05, 0) is 56.2 Å². The molecule has 1 unspecified atom stereocenters. The average molecular weight is 351 g/mol. The second-order valence-corrected chi connectivity index (χ2v) is 6.99. The van der Waals surface area contributed by atoms with E-state index in [9.17, 15) is 0 Å². The maximum atomic E-state index is 6.14. The van der Waals surface area contributed by atoms with Crippen molar-refractivity contribution < 1.29 is 0 Å². The first-order valence-corrected chi connectivity index (χ1v) is 9.25. The van der Waals surface area contributed by atoms with Gasteiger partial charge in [-0.2, -0.15) is 0 Å². The maximum Gasteiger partial charge on any atom is 0.0116 e. The Balaban J connectivity index is 2.06.